The molecule has 0 N–H and O–H groups in total. The smallest absolute Gasteiger partial charge is 0.322 e. The van der Waals surface area contributed by atoms with Crippen molar-refractivity contribution in [1.29, 1.82) is 0 Å². The van der Waals surface area contributed by atoms with Crippen molar-refractivity contribution in [1.82, 2.24) is 9.80 Å². The van der Waals surface area contributed by atoms with Crippen LogP contribution in [0.25, 0.3) is 0 Å². The van der Waals surface area contributed by atoms with E-state index in [4.69, 9.17) is 0 Å². The predicted molar refractivity (Wildman–Crippen MR) is 58.5 cm³/mol. The number of piperazine rings is 1. The minimum absolute atomic E-state index is 0.0549. The molecule has 0 radical (unpaired) electrons. The van der Waals surface area contributed by atoms with E-state index in [9.17, 15) is 22.4 Å². The highest BCUT2D eigenvalue weighted by molar-refractivity contribution is 5.91. The van der Waals surface area contributed by atoms with Crippen molar-refractivity contribution < 1.29 is 22.4 Å². The first kappa shape index (κ1) is 14.9. The lowest BCUT2D eigenvalue weighted by Crippen LogP contribution is -2.61. The second-order valence-corrected chi connectivity index (χ2v) is 4.55. The van der Waals surface area contributed by atoms with Gasteiger partial charge in [-0.3, -0.25) is 9.69 Å². The fraction of sp³-hybridized carbons (Fsp3) is 0.727. The summed E-state index contributed by atoms with van der Waals surface area (Å²) in [6.45, 7) is 6.13. The van der Waals surface area contributed by atoms with Crippen LogP contribution in [0.5, 0.6) is 0 Å². The van der Waals surface area contributed by atoms with Gasteiger partial charge in [-0.15, -0.1) is 0 Å². The van der Waals surface area contributed by atoms with E-state index in [0.717, 1.165) is 0 Å². The van der Waals surface area contributed by atoms with Gasteiger partial charge in [0.25, 0.3) is 5.91 Å². The van der Waals surface area contributed by atoms with Crippen LogP contribution in [0.4, 0.5) is 17.6 Å². The lowest BCUT2D eigenvalue weighted by atomic mass is 10.1. The second kappa shape index (κ2) is 5.26. The highest BCUT2D eigenvalue weighted by Gasteiger charge is 2.48. The maximum Gasteiger partial charge on any atom is 0.410 e. The SMILES string of the molecule is C=C(F)C(=O)N1CCN(C(C)C)C[C@H]1C(F)(F)F. The summed E-state index contributed by atoms with van der Waals surface area (Å²) in [6, 6.07) is -2.03. The first-order valence-corrected chi connectivity index (χ1v) is 5.60. The second-order valence-electron chi connectivity index (χ2n) is 4.55. The molecule has 1 saturated heterocycles. The van der Waals surface area contributed by atoms with Gasteiger partial charge >= 0.3 is 6.18 Å². The first-order valence-electron chi connectivity index (χ1n) is 5.60. The van der Waals surface area contributed by atoms with E-state index < -0.39 is 24.0 Å². The molecule has 0 aromatic carbocycles. The maximum absolute atomic E-state index is 12.9. The maximum atomic E-state index is 12.9. The molecule has 1 aliphatic heterocycles. The number of alkyl halides is 3. The van der Waals surface area contributed by atoms with E-state index >= 15 is 0 Å². The van der Waals surface area contributed by atoms with Crippen LogP contribution in [-0.4, -0.2) is 53.6 Å². The molecule has 0 unspecified atom stereocenters. The van der Waals surface area contributed by atoms with Crippen molar-refractivity contribution in [3.8, 4) is 0 Å². The van der Waals surface area contributed by atoms with Crippen molar-refractivity contribution >= 4 is 5.91 Å². The molecule has 0 bridgehead atoms. The van der Waals surface area contributed by atoms with Gasteiger partial charge in [0.2, 0.25) is 0 Å². The molecule has 0 aromatic heterocycles. The Balaban J connectivity index is 2.92. The minimum atomic E-state index is -4.57. The monoisotopic (exact) mass is 268 g/mol. The van der Waals surface area contributed by atoms with E-state index in [1.54, 1.807) is 18.7 Å². The molecule has 0 saturated carbocycles. The van der Waals surface area contributed by atoms with E-state index in [0.29, 0.717) is 11.4 Å². The Bertz CT molecular complexity index is 340. The van der Waals surface area contributed by atoms with Crippen LogP contribution >= 0.6 is 0 Å². The molecular weight excluding hydrogens is 252 g/mol. The summed E-state index contributed by atoms with van der Waals surface area (Å²) < 4.78 is 51.4. The molecule has 1 aliphatic rings. The summed E-state index contributed by atoms with van der Waals surface area (Å²) >= 11 is 0. The van der Waals surface area contributed by atoms with E-state index in [-0.39, 0.29) is 19.1 Å². The zero-order chi connectivity index (χ0) is 14.1. The fourth-order valence-electron chi connectivity index (χ4n) is 1.95. The standard InChI is InChI=1S/C11H16F4N2O/c1-7(2)16-4-5-17(10(18)8(3)12)9(6-16)11(13,14)15/h7,9H,3-6H2,1-2H3/t9-/m0/s1. The van der Waals surface area contributed by atoms with Crippen molar-refractivity contribution in [2.45, 2.75) is 32.1 Å². The molecule has 0 spiro atoms. The Morgan fingerprint density at radius 3 is 2.28 bits per heavy atom. The van der Waals surface area contributed by atoms with Crippen LogP contribution in [0.1, 0.15) is 13.8 Å². The molecule has 0 aliphatic carbocycles. The van der Waals surface area contributed by atoms with Crippen molar-refractivity contribution in [3.05, 3.63) is 12.4 Å². The topological polar surface area (TPSA) is 23.6 Å². The molecule has 7 heteroatoms. The fourth-order valence-corrected chi connectivity index (χ4v) is 1.95. The highest BCUT2D eigenvalue weighted by atomic mass is 19.4. The summed E-state index contributed by atoms with van der Waals surface area (Å²) in [5.41, 5.74) is 0. The predicted octanol–water partition coefficient (Wildman–Crippen LogP) is 1.95. The van der Waals surface area contributed by atoms with E-state index in [1.165, 1.54) is 0 Å². The number of carbonyl (C=O) groups excluding carboxylic acids is 1. The van der Waals surface area contributed by atoms with Gasteiger partial charge in [0.1, 0.15) is 6.04 Å². The summed E-state index contributed by atoms with van der Waals surface area (Å²) in [5.74, 6) is -2.64. The number of rotatable bonds is 2. The average molecular weight is 268 g/mol. The number of halogens is 4. The summed E-state index contributed by atoms with van der Waals surface area (Å²) in [6.07, 6.45) is -4.57. The largest absolute Gasteiger partial charge is 0.410 e. The molecule has 104 valence electrons. The van der Waals surface area contributed by atoms with Gasteiger partial charge in [0.05, 0.1) is 0 Å². The molecular formula is C11H16F4N2O. The zero-order valence-electron chi connectivity index (χ0n) is 10.3. The van der Waals surface area contributed by atoms with Gasteiger partial charge in [-0.05, 0) is 13.8 Å². The zero-order valence-corrected chi connectivity index (χ0v) is 10.3. The Hall–Kier alpha value is -1.11. The molecule has 0 aromatic rings. The van der Waals surface area contributed by atoms with E-state index in [2.05, 4.69) is 6.58 Å². The van der Waals surface area contributed by atoms with Crippen LogP contribution in [0.2, 0.25) is 0 Å². The lowest BCUT2D eigenvalue weighted by molar-refractivity contribution is -0.201. The quantitative estimate of drug-likeness (QED) is 0.564. The first-order chi connectivity index (χ1) is 8.14. The van der Waals surface area contributed by atoms with Gasteiger partial charge < -0.3 is 4.90 Å². The Labute approximate surface area is 103 Å². The molecule has 1 fully saturated rings. The lowest BCUT2D eigenvalue weighted by Gasteiger charge is -2.43. The third-order valence-corrected chi connectivity index (χ3v) is 3.01. The van der Waals surface area contributed by atoms with Crippen LogP contribution in [0.15, 0.2) is 12.4 Å². The summed E-state index contributed by atoms with van der Waals surface area (Å²) in [5, 5.41) is 0. The Morgan fingerprint density at radius 2 is 1.89 bits per heavy atom. The van der Waals surface area contributed by atoms with Crippen LogP contribution in [0, 0.1) is 0 Å². The van der Waals surface area contributed by atoms with Crippen molar-refractivity contribution in [2.75, 3.05) is 19.6 Å². The van der Waals surface area contributed by atoms with Gasteiger partial charge in [-0.25, -0.2) is 4.39 Å². The van der Waals surface area contributed by atoms with Gasteiger partial charge in [-0.1, -0.05) is 6.58 Å². The van der Waals surface area contributed by atoms with Crippen LogP contribution < -0.4 is 0 Å². The minimum Gasteiger partial charge on any atom is -0.322 e. The molecule has 18 heavy (non-hydrogen) atoms. The number of nitrogens with zero attached hydrogens (tertiary/aromatic N) is 2. The normalized spacial score (nSPS) is 22.4. The van der Waals surface area contributed by atoms with Crippen molar-refractivity contribution in [3.63, 3.8) is 0 Å². The number of amides is 1. The molecule has 1 amide bonds. The average Bonchev–Trinajstić information content (AvgIpc) is 2.25. The van der Waals surface area contributed by atoms with Gasteiger partial charge in [0, 0.05) is 25.7 Å². The molecule has 1 heterocycles. The van der Waals surface area contributed by atoms with Crippen LogP contribution in [0.3, 0.4) is 0 Å². The van der Waals surface area contributed by atoms with Crippen LogP contribution in [-0.2, 0) is 4.79 Å². The Kier molecular flexibility index (Phi) is 4.37. The number of hydrogen-bond acceptors (Lipinski definition) is 2. The Morgan fingerprint density at radius 1 is 1.33 bits per heavy atom. The highest BCUT2D eigenvalue weighted by Crippen LogP contribution is 2.29. The van der Waals surface area contributed by atoms with Gasteiger partial charge in [-0.2, -0.15) is 13.2 Å². The van der Waals surface area contributed by atoms with Gasteiger partial charge in [0.15, 0.2) is 5.83 Å². The third kappa shape index (κ3) is 3.22. The summed E-state index contributed by atoms with van der Waals surface area (Å²) in [4.78, 5) is 13.5. The van der Waals surface area contributed by atoms with E-state index in [1.807, 2.05) is 0 Å². The third-order valence-electron chi connectivity index (χ3n) is 3.01. The number of carbonyl (C=O) groups is 1. The molecule has 1 atom stereocenters. The summed E-state index contributed by atoms with van der Waals surface area (Å²) in [7, 11) is 0. The molecule has 3 nitrogen and oxygen atoms in total. The number of hydrogen-bond donors (Lipinski definition) is 0. The van der Waals surface area contributed by atoms with Crippen molar-refractivity contribution in [2.24, 2.45) is 0 Å². The molecule has 1 rings (SSSR count).